The van der Waals surface area contributed by atoms with Crippen LogP contribution >= 0.6 is 0 Å². The van der Waals surface area contributed by atoms with Crippen LogP contribution in [-0.4, -0.2) is 25.0 Å². The molecule has 0 saturated carbocycles. The van der Waals surface area contributed by atoms with E-state index in [-0.39, 0.29) is 0 Å². The lowest BCUT2D eigenvalue weighted by Gasteiger charge is -2.18. The molecule has 2 amide bonds. The summed E-state index contributed by atoms with van der Waals surface area (Å²) in [6, 6.07) is 13.8. The Bertz CT molecular complexity index is 701. The fraction of sp³-hybridized carbons (Fsp3) is 0.125. The van der Waals surface area contributed by atoms with E-state index in [9.17, 15) is 9.59 Å². The molecular weight excluding hydrogens is 284 g/mol. The molecule has 3 rings (SSSR count). The molecule has 0 spiro atoms. The SMILES string of the molecule is O=C(Nc1ccccc1)C(=O)Nc1ccc2c(c1)OCCO2. The smallest absolute Gasteiger partial charge is 0.314 e. The number of nitrogens with one attached hydrogen (secondary N) is 2. The number of carbonyl (C=O) groups is 2. The largest absolute Gasteiger partial charge is 0.486 e. The highest BCUT2D eigenvalue weighted by atomic mass is 16.6. The third-order valence-corrected chi connectivity index (χ3v) is 3.04. The molecule has 6 nitrogen and oxygen atoms in total. The Morgan fingerprint density at radius 1 is 0.773 bits per heavy atom. The van der Waals surface area contributed by atoms with Crippen LogP contribution in [0.2, 0.25) is 0 Å². The third kappa shape index (κ3) is 3.17. The van der Waals surface area contributed by atoms with Crippen LogP contribution in [0.15, 0.2) is 48.5 Å². The lowest BCUT2D eigenvalue weighted by atomic mass is 10.2. The quantitative estimate of drug-likeness (QED) is 0.832. The highest BCUT2D eigenvalue weighted by molar-refractivity contribution is 6.43. The molecule has 2 N–H and O–H groups in total. The van der Waals surface area contributed by atoms with Gasteiger partial charge in [-0.15, -0.1) is 0 Å². The van der Waals surface area contributed by atoms with Crippen molar-refractivity contribution in [2.75, 3.05) is 23.8 Å². The van der Waals surface area contributed by atoms with Gasteiger partial charge in [0.25, 0.3) is 0 Å². The van der Waals surface area contributed by atoms with Gasteiger partial charge in [0, 0.05) is 17.4 Å². The number of amides is 2. The Kier molecular flexibility index (Phi) is 3.91. The van der Waals surface area contributed by atoms with E-state index in [4.69, 9.17) is 9.47 Å². The number of carbonyl (C=O) groups excluding carboxylic acids is 2. The van der Waals surface area contributed by atoms with Crippen LogP contribution in [0.25, 0.3) is 0 Å². The number of benzene rings is 2. The first-order chi connectivity index (χ1) is 10.7. The standard InChI is InChI=1S/C16H14N2O4/c19-15(17-11-4-2-1-3-5-11)16(20)18-12-6-7-13-14(10-12)22-9-8-21-13/h1-7,10H,8-9H2,(H,17,19)(H,18,20). The van der Waals surface area contributed by atoms with E-state index in [1.165, 1.54) is 0 Å². The zero-order valence-corrected chi connectivity index (χ0v) is 11.7. The molecule has 2 aromatic carbocycles. The molecule has 0 aliphatic carbocycles. The van der Waals surface area contributed by atoms with E-state index in [2.05, 4.69) is 10.6 Å². The van der Waals surface area contributed by atoms with Crippen LogP contribution in [0, 0.1) is 0 Å². The van der Waals surface area contributed by atoms with Crippen LogP contribution in [0.3, 0.4) is 0 Å². The van der Waals surface area contributed by atoms with E-state index >= 15 is 0 Å². The molecule has 2 aromatic rings. The molecule has 0 radical (unpaired) electrons. The fourth-order valence-electron chi connectivity index (χ4n) is 2.02. The molecule has 0 unspecified atom stereocenters. The first-order valence-corrected chi connectivity index (χ1v) is 6.79. The lowest BCUT2D eigenvalue weighted by molar-refractivity contribution is -0.133. The molecule has 0 saturated heterocycles. The third-order valence-electron chi connectivity index (χ3n) is 3.04. The Hall–Kier alpha value is -3.02. The van der Waals surface area contributed by atoms with Gasteiger partial charge >= 0.3 is 11.8 Å². The summed E-state index contributed by atoms with van der Waals surface area (Å²) in [4.78, 5) is 23.7. The molecule has 1 aliphatic heterocycles. The van der Waals surface area contributed by atoms with Gasteiger partial charge in [0.15, 0.2) is 11.5 Å². The number of para-hydroxylation sites is 1. The second kappa shape index (κ2) is 6.17. The summed E-state index contributed by atoms with van der Waals surface area (Å²) in [6.07, 6.45) is 0. The molecule has 0 fully saturated rings. The molecule has 22 heavy (non-hydrogen) atoms. The van der Waals surface area contributed by atoms with Gasteiger partial charge in [-0.2, -0.15) is 0 Å². The van der Waals surface area contributed by atoms with Crippen molar-refractivity contribution in [2.45, 2.75) is 0 Å². The van der Waals surface area contributed by atoms with Crippen LogP contribution in [0.4, 0.5) is 11.4 Å². The molecule has 0 aromatic heterocycles. The van der Waals surface area contributed by atoms with Crippen LogP contribution in [0.5, 0.6) is 11.5 Å². The van der Waals surface area contributed by atoms with Gasteiger partial charge in [-0.25, -0.2) is 0 Å². The number of fused-ring (bicyclic) bond motifs is 1. The Labute approximate surface area is 127 Å². The van der Waals surface area contributed by atoms with Crippen LogP contribution < -0.4 is 20.1 Å². The minimum absolute atomic E-state index is 0.457. The summed E-state index contributed by atoms with van der Waals surface area (Å²) in [6.45, 7) is 0.955. The Balaban J connectivity index is 1.65. The van der Waals surface area contributed by atoms with E-state index in [1.807, 2.05) is 6.07 Å². The van der Waals surface area contributed by atoms with Gasteiger partial charge in [-0.1, -0.05) is 18.2 Å². The Morgan fingerprint density at radius 3 is 2.14 bits per heavy atom. The molecular formula is C16H14N2O4. The number of rotatable bonds is 2. The number of ether oxygens (including phenoxy) is 2. The van der Waals surface area contributed by atoms with Crippen molar-refractivity contribution in [3.63, 3.8) is 0 Å². The van der Waals surface area contributed by atoms with Gasteiger partial charge < -0.3 is 20.1 Å². The van der Waals surface area contributed by atoms with E-state index in [0.717, 1.165) is 0 Å². The molecule has 0 bridgehead atoms. The summed E-state index contributed by atoms with van der Waals surface area (Å²) in [5, 5.41) is 5.04. The zero-order chi connectivity index (χ0) is 15.4. The monoisotopic (exact) mass is 298 g/mol. The maximum Gasteiger partial charge on any atom is 0.314 e. The van der Waals surface area contributed by atoms with E-state index < -0.39 is 11.8 Å². The van der Waals surface area contributed by atoms with Gasteiger partial charge in [0.05, 0.1) is 0 Å². The molecule has 6 heteroatoms. The van der Waals surface area contributed by atoms with Crippen molar-refractivity contribution >= 4 is 23.2 Å². The average molecular weight is 298 g/mol. The van der Waals surface area contributed by atoms with Gasteiger partial charge in [-0.05, 0) is 24.3 Å². The summed E-state index contributed by atoms with van der Waals surface area (Å²) in [7, 11) is 0. The van der Waals surface area contributed by atoms with Crippen molar-refractivity contribution in [3.8, 4) is 11.5 Å². The molecule has 0 atom stereocenters. The van der Waals surface area contributed by atoms with E-state index in [0.29, 0.717) is 36.1 Å². The molecule has 1 aliphatic rings. The second-order valence-electron chi connectivity index (χ2n) is 4.63. The summed E-state index contributed by atoms with van der Waals surface area (Å²) < 4.78 is 10.8. The predicted octanol–water partition coefficient (Wildman–Crippen LogP) is 2.03. The second-order valence-corrected chi connectivity index (χ2v) is 4.63. The van der Waals surface area contributed by atoms with Crippen molar-refractivity contribution in [1.29, 1.82) is 0 Å². The van der Waals surface area contributed by atoms with Crippen LogP contribution in [-0.2, 0) is 9.59 Å². The predicted molar refractivity (Wildman–Crippen MR) is 81.1 cm³/mol. The molecule has 1 heterocycles. The van der Waals surface area contributed by atoms with Gasteiger partial charge in [0.1, 0.15) is 13.2 Å². The highest BCUT2D eigenvalue weighted by Gasteiger charge is 2.16. The summed E-state index contributed by atoms with van der Waals surface area (Å²) in [5.41, 5.74) is 1.03. The first-order valence-electron chi connectivity index (χ1n) is 6.79. The minimum atomic E-state index is -0.750. The topological polar surface area (TPSA) is 76.7 Å². The van der Waals surface area contributed by atoms with Crippen molar-refractivity contribution in [3.05, 3.63) is 48.5 Å². The van der Waals surface area contributed by atoms with Crippen LogP contribution in [0.1, 0.15) is 0 Å². The number of anilines is 2. The number of hydrogen-bond donors (Lipinski definition) is 2. The first kappa shape index (κ1) is 13.9. The van der Waals surface area contributed by atoms with Crippen molar-refractivity contribution in [2.24, 2.45) is 0 Å². The maximum absolute atomic E-state index is 11.9. The van der Waals surface area contributed by atoms with Crippen molar-refractivity contribution in [1.82, 2.24) is 0 Å². The molecule has 112 valence electrons. The maximum atomic E-state index is 11.9. The summed E-state index contributed by atoms with van der Waals surface area (Å²) >= 11 is 0. The zero-order valence-electron chi connectivity index (χ0n) is 11.7. The Morgan fingerprint density at radius 2 is 1.41 bits per heavy atom. The summed E-state index contributed by atoms with van der Waals surface area (Å²) in [5.74, 6) is -0.313. The lowest BCUT2D eigenvalue weighted by Crippen LogP contribution is -2.29. The average Bonchev–Trinajstić information content (AvgIpc) is 2.55. The van der Waals surface area contributed by atoms with Crippen molar-refractivity contribution < 1.29 is 19.1 Å². The van der Waals surface area contributed by atoms with Gasteiger partial charge in [-0.3, -0.25) is 9.59 Å². The van der Waals surface area contributed by atoms with E-state index in [1.54, 1.807) is 42.5 Å². The minimum Gasteiger partial charge on any atom is -0.486 e. The highest BCUT2D eigenvalue weighted by Crippen LogP contribution is 2.32. The normalized spacial score (nSPS) is 12.4. The van der Waals surface area contributed by atoms with Gasteiger partial charge in [0.2, 0.25) is 0 Å². The number of hydrogen-bond acceptors (Lipinski definition) is 4. The fourth-order valence-corrected chi connectivity index (χ4v) is 2.02.